The van der Waals surface area contributed by atoms with Gasteiger partial charge in [-0.3, -0.25) is 0 Å². The second kappa shape index (κ2) is 4.04. The summed E-state index contributed by atoms with van der Waals surface area (Å²) in [4.78, 5) is 0.833. The van der Waals surface area contributed by atoms with Crippen LogP contribution < -0.4 is 5.73 Å². The maximum absolute atomic E-state index is 13.1. The predicted molar refractivity (Wildman–Crippen MR) is 57.1 cm³/mol. The number of aromatic nitrogens is 2. The van der Waals surface area contributed by atoms with Gasteiger partial charge in [-0.2, -0.15) is 0 Å². The van der Waals surface area contributed by atoms with Gasteiger partial charge in [0.25, 0.3) is 0 Å². The molecule has 2 N–H and O–H groups in total. The SMILES string of the molecule is Cc1cc(F)cc(C(N)c2cnns2)c1. The molecule has 0 radical (unpaired) electrons. The highest BCUT2D eigenvalue weighted by atomic mass is 32.1. The van der Waals surface area contributed by atoms with Crippen molar-refractivity contribution >= 4 is 11.5 Å². The molecule has 15 heavy (non-hydrogen) atoms. The first-order valence-corrected chi connectivity index (χ1v) is 5.24. The molecule has 0 saturated carbocycles. The lowest BCUT2D eigenvalue weighted by Gasteiger charge is -2.09. The fourth-order valence-electron chi connectivity index (χ4n) is 1.42. The molecule has 5 heteroatoms. The highest BCUT2D eigenvalue weighted by molar-refractivity contribution is 7.05. The highest BCUT2D eigenvalue weighted by Gasteiger charge is 2.12. The second-order valence-corrected chi connectivity index (χ2v) is 4.18. The summed E-state index contributed by atoms with van der Waals surface area (Å²) < 4.78 is 16.9. The van der Waals surface area contributed by atoms with E-state index in [9.17, 15) is 4.39 Å². The van der Waals surface area contributed by atoms with E-state index in [1.165, 1.54) is 23.7 Å². The van der Waals surface area contributed by atoms with Crippen LogP contribution in [0.2, 0.25) is 0 Å². The second-order valence-electron chi connectivity index (χ2n) is 3.36. The van der Waals surface area contributed by atoms with Crippen LogP contribution >= 0.6 is 11.5 Å². The van der Waals surface area contributed by atoms with Crippen LogP contribution in [0.4, 0.5) is 4.39 Å². The van der Waals surface area contributed by atoms with Crippen molar-refractivity contribution in [3.63, 3.8) is 0 Å². The summed E-state index contributed by atoms with van der Waals surface area (Å²) in [5.41, 5.74) is 7.57. The van der Waals surface area contributed by atoms with E-state index in [0.717, 1.165) is 16.0 Å². The third-order valence-electron chi connectivity index (χ3n) is 2.11. The molecule has 0 aliphatic heterocycles. The number of halogens is 1. The van der Waals surface area contributed by atoms with Gasteiger partial charge in [0.1, 0.15) is 5.82 Å². The first-order chi connectivity index (χ1) is 7.16. The summed E-state index contributed by atoms with van der Waals surface area (Å²) in [6.45, 7) is 1.84. The molecular formula is C10H10FN3S. The van der Waals surface area contributed by atoms with Gasteiger partial charge >= 0.3 is 0 Å². The van der Waals surface area contributed by atoms with Gasteiger partial charge in [-0.15, -0.1) is 5.10 Å². The standard InChI is InChI=1S/C10H10FN3S/c1-6-2-7(4-8(11)3-6)10(12)9-5-13-14-15-9/h2-5,10H,12H2,1H3. The zero-order valence-electron chi connectivity index (χ0n) is 8.14. The molecule has 0 amide bonds. The van der Waals surface area contributed by atoms with E-state index in [-0.39, 0.29) is 11.9 Å². The maximum Gasteiger partial charge on any atom is 0.123 e. The molecule has 0 saturated heterocycles. The van der Waals surface area contributed by atoms with Crippen molar-refractivity contribution in [2.24, 2.45) is 5.73 Å². The molecule has 2 rings (SSSR count). The molecule has 1 atom stereocenters. The fraction of sp³-hybridized carbons (Fsp3) is 0.200. The minimum absolute atomic E-state index is 0.266. The van der Waals surface area contributed by atoms with Crippen LogP contribution in [0.1, 0.15) is 22.0 Å². The van der Waals surface area contributed by atoms with Crippen molar-refractivity contribution < 1.29 is 4.39 Å². The van der Waals surface area contributed by atoms with Crippen LogP contribution in [0.15, 0.2) is 24.4 Å². The van der Waals surface area contributed by atoms with Crippen molar-refractivity contribution in [1.82, 2.24) is 9.59 Å². The summed E-state index contributed by atoms with van der Waals surface area (Å²) in [7, 11) is 0. The van der Waals surface area contributed by atoms with Gasteiger partial charge in [0, 0.05) is 0 Å². The van der Waals surface area contributed by atoms with Crippen LogP contribution in [0.3, 0.4) is 0 Å². The van der Waals surface area contributed by atoms with E-state index in [2.05, 4.69) is 9.59 Å². The van der Waals surface area contributed by atoms with Gasteiger partial charge in [0.05, 0.1) is 17.1 Å². The summed E-state index contributed by atoms with van der Waals surface area (Å²) in [5.74, 6) is -0.266. The van der Waals surface area contributed by atoms with Crippen molar-refractivity contribution in [3.05, 3.63) is 46.2 Å². The fourth-order valence-corrected chi connectivity index (χ4v) is 1.95. The number of aryl methyl sites for hydroxylation is 1. The topological polar surface area (TPSA) is 51.8 Å². The molecular weight excluding hydrogens is 213 g/mol. The van der Waals surface area contributed by atoms with Crippen molar-refractivity contribution in [2.75, 3.05) is 0 Å². The van der Waals surface area contributed by atoms with Gasteiger partial charge in [0.2, 0.25) is 0 Å². The quantitative estimate of drug-likeness (QED) is 0.847. The normalized spacial score (nSPS) is 12.7. The molecule has 0 fully saturated rings. The number of hydrogen-bond acceptors (Lipinski definition) is 4. The van der Waals surface area contributed by atoms with Crippen LogP contribution in [0.25, 0.3) is 0 Å². The van der Waals surface area contributed by atoms with Crippen LogP contribution in [-0.4, -0.2) is 9.59 Å². The first kappa shape index (κ1) is 10.2. The molecule has 3 nitrogen and oxygen atoms in total. The van der Waals surface area contributed by atoms with Crippen LogP contribution in [0.5, 0.6) is 0 Å². The van der Waals surface area contributed by atoms with Crippen LogP contribution in [0, 0.1) is 12.7 Å². The molecule has 0 spiro atoms. The lowest BCUT2D eigenvalue weighted by molar-refractivity contribution is 0.622. The van der Waals surface area contributed by atoms with E-state index >= 15 is 0 Å². The van der Waals surface area contributed by atoms with Gasteiger partial charge in [-0.25, -0.2) is 4.39 Å². The Balaban J connectivity index is 2.37. The Labute approximate surface area is 90.9 Å². The molecule has 0 bridgehead atoms. The van der Waals surface area contributed by atoms with E-state index < -0.39 is 0 Å². The van der Waals surface area contributed by atoms with Gasteiger partial charge in [0.15, 0.2) is 0 Å². The Morgan fingerprint density at radius 3 is 2.80 bits per heavy atom. The van der Waals surface area contributed by atoms with E-state index in [1.807, 2.05) is 13.0 Å². The minimum atomic E-state index is -0.348. The molecule has 0 aliphatic carbocycles. The van der Waals surface area contributed by atoms with Crippen LogP contribution in [-0.2, 0) is 0 Å². The predicted octanol–water partition coefficient (Wildman–Crippen LogP) is 2.03. The lowest BCUT2D eigenvalue weighted by Crippen LogP contribution is -2.10. The average Bonchev–Trinajstić information content (AvgIpc) is 2.67. The molecule has 1 unspecified atom stereocenters. The number of hydrogen-bond donors (Lipinski definition) is 1. The van der Waals surface area contributed by atoms with Crippen molar-refractivity contribution in [1.29, 1.82) is 0 Å². The number of benzene rings is 1. The van der Waals surface area contributed by atoms with E-state index in [0.29, 0.717) is 0 Å². The number of nitrogens with zero attached hydrogens (tertiary/aromatic N) is 2. The maximum atomic E-state index is 13.1. The molecule has 0 aliphatic rings. The number of nitrogens with two attached hydrogens (primary N) is 1. The molecule has 1 heterocycles. The third-order valence-corrected chi connectivity index (χ3v) is 2.85. The van der Waals surface area contributed by atoms with Gasteiger partial charge < -0.3 is 5.73 Å². The Kier molecular flexibility index (Phi) is 2.75. The summed E-state index contributed by atoms with van der Waals surface area (Å²) in [5, 5.41) is 3.71. The summed E-state index contributed by atoms with van der Waals surface area (Å²) in [6.07, 6.45) is 1.61. The molecule has 2 aromatic rings. The smallest absolute Gasteiger partial charge is 0.123 e. The third kappa shape index (κ3) is 2.19. The van der Waals surface area contributed by atoms with E-state index in [4.69, 9.17) is 5.73 Å². The highest BCUT2D eigenvalue weighted by Crippen LogP contribution is 2.22. The average molecular weight is 223 g/mol. The molecule has 1 aromatic heterocycles. The van der Waals surface area contributed by atoms with Crippen molar-refractivity contribution in [3.8, 4) is 0 Å². The zero-order chi connectivity index (χ0) is 10.8. The molecule has 1 aromatic carbocycles. The Morgan fingerprint density at radius 1 is 1.40 bits per heavy atom. The van der Waals surface area contributed by atoms with Gasteiger partial charge in [-0.1, -0.05) is 10.6 Å². The zero-order valence-corrected chi connectivity index (χ0v) is 8.96. The Bertz CT molecular complexity index is 435. The largest absolute Gasteiger partial charge is 0.320 e. The number of rotatable bonds is 2. The van der Waals surface area contributed by atoms with Gasteiger partial charge in [-0.05, 0) is 41.7 Å². The van der Waals surface area contributed by atoms with Crippen molar-refractivity contribution in [2.45, 2.75) is 13.0 Å². The summed E-state index contributed by atoms with van der Waals surface area (Å²) in [6, 6.07) is 4.44. The minimum Gasteiger partial charge on any atom is -0.320 e. The Morgan fingerprint density at radius 2 is 2.20 bits per heavy atom. The first-order valence-electron chi connectivity index (χ1n) is 4.47. The monoisotopic (exact) mass is 223 g/mol. The lowest BCUT2D eigenvalue weighted by atomic mass is 10.0. The van der Waals surface area contributed by atoms with E-state index in [1.54, 1.807) is 6.20 Å². The summed E-state index contributed by atoms with van der Waals surface area (Å²) >= 11 is 1.23. The molecule has 78 valence electrons. The Hall–Kier alpha value is -1.33.